The Morgan fingerprint density at radius 3 is 2.83 bits per heavy atom. The summed E-state index contributed by atoms with van der Waals surface area (Å²) in [5, 5.41) is 21.2. The number of non-ortho nitro benzene ring substituents is 1. The van der Waals surface area contributed by atoms with Gasteiger partial charge in [0.25, 0.3) is 5.69 Å². The molecule has 2 aromatic carbocycles. The van der Waals surface area contributed by atoms with Crippen LogP contribution in [0.5, 0.6) is 0 Å². The molecule has 4 rings (SSSR count). The van der Waals surface area contributed by atoms with Crippen molar-refractivity contribution < 1.29 is 4.92 Å². The highest BCUT2D eigenvalue weighted by Gasteiger charge is 2.10. The van der Waals surface area contributed by atoms with Gasteiger partial charge in [0, 0.05) is 41.0 Å². The van der Waals surface area contributed by atoms with Crippen molar-refractivity contribution in [1.29, 1.82) is 0 Å². The zero-order valence-corrected chi connectivity index (χ0v) is 15.7. The topological polar surface area (TPSA) is 123 Å². The van der Waals surface area contributed by atoms with Crippen LogP contribution in [0.3, 0.4) is 0 Å². The molecular formula is C19H14ClN7O2. The molecule has 10 heteroatoms. The summed E-state index contributed by atoms with van der Waals surface area (Å²) in [6.45, 7) is 0. The molecule has 0 fully saturated rings. The molecule has 0 spiro atoms. The van der Waals surface area contributed by atoms with Crippen LogP contribution in [0, 0.1) is 10.1 Å². The molecule has 0 unspecified atom stereocenters. The first-order valence-corrected chi connectivity index (χ1v) is 8.94. The number of rotatable bonds is 6. The monoisotopic (exact) mass is 407 g/mol. The molecule has 0 aliphatic rings. The van der Waals surface area contributed by atoms with E-state index in [0.717, 1.165) is 11.1 Å². The second-order valence-corrected chi connectivity index (χ2v) is 6.52. The van der Waals surface area contributed by atoms with E-state index < -0.39 is 4.92 Å². The second kappa shape index (κ2) is 8.03. The number of nitrogens with one attached hydrogen (secondary N) is 2. The predicted octanol–water partition coefficient (Wildman–Crippen LogP) is 4.16. The number of nitrogens with zero attached hydrogens (tertiary/aromatic N) is 5. The van der Waals surface area contributed by atoms with Crippen molar-refractivity contribution in [2.75, 3.05) is 5.32 Å². The van der Waals surface area contributed by atoms with Crippen LogP contribution in [0.15, 0.2) is 61.1 Å². The Hall–Kier alpha value is -3.85. The fraction of sp³-hybridized carbons (Fsp3) is 0.0526. The number of aromatic amines is 1. The number of H-pyrrole nitrogens is 1. The average Bonchev–Trinajstić information content (AvgIpc) is 3.23. The van der Waals surface area contributed by atoms with E-state index >= 15 is 0 Å². The molecule has 0 aliphatic carbocycles. The number of halogens is 1. The number of benzene rings is 2. The van der Waals surface area contributed by atoms with Gasteiger partial charge in [0.2, 0.25) is 5.95 Å². The number of anilines is 2. The van der Waals surface area contributed by atoms with E-state index in [0.29, 0.717) is 34.6 Å². The van der Waals surface area contributed by atoms with Crippen LogP contribution in [-0.2, 0) is 6.42 Å². The van der Waals surface area contributed by atoms with Gasteiger partial charge < -0.3 is 5.32 Å². The molecule has 0 atom stereocenters. The third-order valence-electron chi connectivity index (χ3n) is 4.13. The highest BCUT2D eigenvalue weighted by molar-refractivity contribution is 6.31. The van der Waals surface area contributed by atoms with Crippen LogP contribution in [0.25, 0.3) is 11.3 Å². The van der Waals surface area contributed by atoms with Crippen LogP contribution in [0.1, 0.15) is 11.4 Å². The molecule has 4 aromatic rings. The summed E-state index contributed by atoms with van der Waals surface area (Å²) >= 11 is 6.32. The zero-order valence-electron chi connectivity index (χ0n) is 14.9. The highest BCUT2D eigenvalue weighted by Crippen LogP contribution is 2.26. The predicted molar refractivity (Wildman–Crippen MR) is 108 cm³/mol. The quantitative estimate of drug-likeness (QED) is 0.363. The van der Waals surface area contributed by atoms with Crippen molar-refractivity contribution in [3.8, 4) is 11.3 Å². The van der Waals surface area contributed by atoms with Crippen LogP contribution in [0.2, 0.25) is 5.02 Å². The van der Waals surface area contributed by atoms with E-state index in [1.165, 1.54) is 18.5 Å². The van der Waals surface area contributed by atoms with E-state index in [-0.39, 0.29) is 5.69 Å². The Kier molecular flexibility index (Phi) is 5.12. The molecule has 0 saturated heterocycles. The lowest BCUT2D eigenvalue weighted by Crippen LogP contribution is -1.99. The Morgan fingerprint density at radius 2 is 2.03 bits per heavy atom. The molecule has 0 radical (unpaired) electrons. The lowest BCUT2D eigenvalue weighted by molar-refractivity contribution is -0.384. The highest BCUT2D eigenvalue weighted by atomic mass is 35.5. The molecule has 2 heterocycles. The smallest absolute Gasteiger partial charge is 0.271 e. The minimum Gasteiger partial charge on any atom is -0.324 e. The molecule has 2 N–H and O–H groups in total. The van der Waals surface area contributed by atoms with Crippen molar-refractivity contribution in [2.45, 2.75) is 6.42 Å². The van der Waals surface area contributed by atoms with Gasteiger partial charge in [-0.15, -0.1) is 0 Å². The van der Waals surface area contributed by atoms with Gasteiger partial charge in [-0.2, -0.15) is 5.10 Å². The molecule has 0 bridgehead atoms. The fourth-order valence-corrected chi connectivity index (χ4v) is 2.96. The molecule has 0 aliphatic heterocycles. The van der Waals surface area contributed by atoms with Crippen molar-refractivity contribution in [2.24, 2.45) is 0 Å². The zero-order chi connectivity index (χ0) is 20.2. The first-order valence-electron chi connectivity index (χ1n) is 8.56. The molecule has 29 heavy (non-hydrogen) atoms. The Bertz CT molecular complexity index is 1160. The van der Waals surface area contributed by atoms with Crippen molar-refractivity contribution in [1.82, 2.24) is 25.1 Å². The lowest BCUT2D eigenvalue weighted by atomic mass is 10.1. The second-order valence-electron chi connectivity index (χ2n) is 6.11. The maximum atomic E-state index is 10.9. The van der Waals surface area contributed by atoms with Crippen LogP contribution in [-0.4, -0.2) is 30.1 Å². The van der Waals surface area contributed by atoms with Gasteiger partial charge in [0.05, 0.1) is 10.6 Å². The summed E-state index contributed by atoms with van der Waals surface area (Å²) in [7, 11) is 0. The van der Waals surface area contributed by atoms with Gasteiger partial charge in [0.15, 0.2) is 0 Å². The molecule has 0 saturated carbocycles. The van der Waals surface area contributed by atoms with Crippen molar-refractivity contribution in [3.05, 3.63) is 87.6 Å². The molecule has 144 valence electrons. The van der Waals surface area contributed by atoms with Crippen molar-refractivity contribution in [3.63, 3.8) is 0 Å². The molecule has 2 aromatic heterocycles. The number of hydrogen-bond donors (Lipinski definition) is 2. The molecule has 9 nitrogen and oxygen atoms in total. The summed E-state index contributed by atoms with van der Waals surface area (Å²) in [6, 6.07) is 13.5. The fourth-order valence-electron chi connectivity index (χ4n) is 2.77. The number of hydrogen-bond acceptors (Lipinski definition) is 7. The van der Waals surface area contributed by atoms with E-state index in [2.05, 4.69) is 30.5 Å². The third kappa shape index (κ3) is 4.36. The summed E-state index contributed by atoms with van der Waals surface area (Å²) in [4.78, 5) is 23.3. The SMILES string of the molecule is O=[N+]([O-])c1cccc(Nc2nccc(-c3ccc(Cl)c(Cc4ncn[nH]4)c3)n2)c1. The van der Waals surface area contributed by atoms with E-state index in [9.17, 15) is 10.1 Å². The van der Waals surface area contributed by atoms with E-state index in [4.69, 9.17) is 11.6 Å². The van der Waals surface area contributed by atoms with Crippen LogP contribution < -0.4 is 5.32 Å². The number of nitro groups is 1. The first kappa shape index (κ1) is 18.5. The minimum absolute atomic E-state index is 0.0130. The maximum absolute atomic E-state index is 10.9. The summed E-state index contributed by atoms with van der Waals surface area (Å²) in [5.41, 5.74) is 2.93. The van der Waals surface area contributed by atoms with Crippen molar-refractivity contribution >= 4 is 28.9 Å². The summed E-state index contributed by atoms with van der Waals surface area (Å²) in [5.74, 6) is 1.04. The van der Waals surface area contributed by atoms with Gasteiger partial charge in [-0.3, -0.25) is 15.2 Å². The first-order chi connectivity index (χ1) is 14.1. The summed E-state index contributed by atoms with van der Waals surface area (Å²) in [6.07, 6.45) is 3.58. The van der Waals surface area contributed by atoms with E-state index in [1.807, 2.05) is 12.1 Å². The van der Waals surface area contributed by atoms with Crippen LogP contribution >= 0.6 is 11.6 Å². The average molecular weight is 408 g/mol. The normalized spacial score (nSPS) is 10.7. The largest absolute Gasteiger partial charge is 0.324 e. The number of aromatic nitrogens is 5. The number of nitro benzene ring substituents is 1. The summed E-state index contributed by atoms with van der Waals surface area (Å²) < 4.78 is 0. The molecular weight excluding hydrogens is 394 g/mol. The van der Waals surface area contributed by atoms with Gasteiger partial charge in [0.1, 0.15) is 12.2 Å². The lowest BCUT2D eigenvalue weighted by Gasteiger charge is -2.09. The van der Waals surface area contributed by atoms with Gasteiger partial charge in [-0.25, -0.2) is 15.0 Å². The maximum Gasteiger partial charge on any atom is 0.271 e. The van der Waals surface area contributed by atoms with E-state index in [1.54, 1.807) is 30.5 Å². The van der Waals surface area contributed by atoms with Gasteiger partial charge in [-0.05, 0) is 29.8 Å². The Balaban J connectivity index is 1.60. The minimum atomic E-state index is -0.452. The Morgan fingerprint density at radius 1 is 1.14 bits per heavy atom. The standard InChI is InChI=1S/C19H14ClN7O2/c20-16-5-4-12(8-13(16)9-18-22-11-23-26-18)17-6-7-21-19(25-17)24-14-2-1-3-15(10-14)27(28)29/h1-8,10-11H,9H2,(H,21,24,25)(H,22,23,26). The Labute approximate surface area is 170 Å². The van der Waals surface area contributed by atoms with Crippen LogP contribution in [0.4, 0.5) is 17.3 Å². The van der Waals surface area contributed by atoms with Gasteiger partial charge in [-0.1, -0.05) is 23.7 Å². The van der Waals surface area contributed by atoms with Gasteiger partial charge >= 0.3 is 0 Å². The molecule has 0 amide bonds. The third-order valence-corrected chi connectivity index (χ3v) is 4.50.